The molecule has 1 aromatic carbocycles. The number of ether oxygens (including phenoxy) is 3. The summed E-state index contributed by atoms with van der Waals surface area (Å²) in [7, 11) is 1.42. The molecule has 0 radical (unpaired) electrons. The van der Waals surface area contributed by atoms with Crippen LogP contribution in [0.3, 0.4) is 0 Å². The normalized spacial score (nSPS) is 10.0. The number of hydrogen-bond donors (Lipinski definition) is 1. The number of phenols is 1. The van der Waals surface area contributed by atoms with E-state index in [9.17, 15) is 9.90 Å². The first-order valence-corrected chi connectivity index (χ1v) is 5.31. The van der Waals surface area contributed by atoms with Gasteiger partial charge in [0.05, 0.1) is 19.3 Å². The molecule has 0 fully saturated rings. The average molecular weight is 240 g/mol. The standard InChI is InChI=1S/C12H16O5/c1-3-16-6-7-17-12(14)9-4-5-10(13)11(8-9)15-2/h4-5,8,13H,3,6-7H2,1-2H3. The molecule has 17 heavy (non-hydrogen) atoms. The first-order valence-electron chi connectivity index (χ1n) is 5.31. The highest BCUT2D eigenvalue weighted by Crippen LogP contribution is 2.26. The summed E-state index contributed by atoms with van der Waals surface area (Å²) >= 11 is 0. The molecule has 0 heterocycles. The van der Waals surface area contributed by atoms with Gasteiger partial charge in [0.1, 0.15) is 6.61 Å². The maximum Gasteiger partial charge on any atom is 0.338 e. The Labute approximate surface area is 99.9 Å². The second-order valence-corrected chi connectivity index (χ2v) is 3.22. The molecule has 5 nitrogen and oxygen atoms in total. The van der Waals surface area contributed by atoms with Gasteiger partial charge in [0.15, 0.2) is 11.5 Å². The van der Waals surface area contributed by atoms with Gasteiger partial charge in [-0.15, -0.1) is 0 Å². The third-order valence-electron chi connectivity index (χ3n) is 2.08. The molecule has 0 bridgehead atoms. The zero-order valence-corrected chi connectivity index (χ0v) is 9.93. The average Bonchev–Trinajstić information content (AvgIpc) is 2.35. The van der Waals surface area contributed by atoms with Gasteiger partial charge >= 0.3 is 5.97 Å². The Morgan fingerprint density at radius 1 is 1.35 bits per heavy atom. The monoisotopic (exact) mass is 240 g/mol. The van der Waals surface area contributed by atoms with Gasteiger partial charge in [-0.2, -0.15) is 0 Å². The predicted molar refractivity (Wildman–Crippen MR) is 61.4 cm³/mol. The maximum absolute atomic E-state index is 11.6. The highest BCUT2D eigenvalue weighted by Gasteiger charge is 2.10. The van der Waals surface area contributed by atoms with Crippen LogP contribution < -0.4 is 4.74 Å². The van der Waals surface area contributed by atoms with Crippen molar-refractivity contribution in [3.05, 3.63) is 23.8 Å². The van der Waals surface area contributed by atoms with Crippen molar-refractivity contribution < 1.29 is 24.1 Å². The van der Waals surface area contributed by atoms with E-state index in [1.807, 2.05) is 6.92 Å². The Balaban J connectivity index is 2.57. The van der Waals surface area contributed by atoms with Crippen LogP contribution in [-0.4, -0.2) is 38.0 Å². The lowest BCUT2D eigenvalue weighted by Gasteiger charge is -2.07. The Hall–Kier alpha value is -1.75. The largest absolute Gasteiger partial charge is 0.504 e. The number of carbonyl (C=O) groups is 1. The first kappa shape index (κ1) is 13.3. The molecule has 0 spiro atoms. The summed E-state index contributed by atoms with van der Waals surface area (Å²) in [5.41, 5.74) is 0.330. The summed E-state index contributed by atoms with van der Waals surface area (Å²) in [6.45, 7) is 3.03. The molecule has 0 aliphatic rings. The van der Waals surface area contributed by atoms with Crippen molar-refractivity contribution in [3.63, 3.8) is 0 Å². The summed E-state index contributed by atoms with van der Waals surface area (Å²) in [5, 5.41) is 9.37. The fourth-order valence-corrected chi connectivity index (χ4v) is 1.23. The van der Waals surface area contributed by atoms with E-state index in [1.54, 1.807) is 0 Å². The Morgan fingerprint density at radius 3 is 2.76 bits per heavy atom. The smallest absolute Gasteiger partial charge is 0.338 e. The van der Waals surface area contributed by atoms with Gasteiger partial charge in [-0.05, 0) is 25.1 Å². The van der Waals surface area contributed by atoms with Crippen molar-refractivity contribution in [1.82, 2.24) is 0 Å². The van der Waals surface area contributed by atoms with E-state index in [-0.39, 0.29) is 18.1 Å². The summed E-state index contributed by atoms with van der Waals surface area (Å²) in [6.07, 6.45) is 0. The molecule has 0 unspecified atom stereocenters. The SMILES string of the molecule is CCOCCOC(=O)c1ccc(O)c(OC)c1. The minimum absolute atomic E-state index is 0.0154. The third kappa shape index (κ3) is 3.96. The zero-order chi connectivity index (χ0) is 12.7. The van der Waals surface area contributed by atoms with Crippen LogP contribution in [0.2, 0.25) is 0 Å². The Kier molecular flexibility index (Phi) is 5.29. The molecule has 94 valence electrons. The molecular formula is C12H16O5. The quantitative estimate of drug-likeness (QED) is 0.604. The Morgan fingerprint density at radius 2 is 2.12 bits per heavy atom. The summed E-state index contributed by atoms with van der Waals surface area (Å²) in [5.74, 6) is -0.245. The summed E-state index contributed by atoms with van der Waals surface area (Å²) in [4.78, 5) is 11.6. The molecule has 0 aromatic heterocycles. The number of esters is 1. The second kappa shape index (κ2) is 6.75. The minimum atomic E-state index is -0.469. The molecule has 0 saturated carbocycles. The lowest BCUT2D eigenvalue weighted by Crippen LogP contribution is -2.10. The van der Waals surface area contributed by atoms with E-state index in [2.05, 4.69) is 0 Å². The van der Waals surface area contributed by atoms with Crippen molar-refractivity contribution in [2.45, 2.75) is 6.92 Å². The van der Waals surface area contributed by atoms with Gasteiger partial charge in [-0.1, -0.05) is 0 Å². The van der Waals surface area contributed by atoms with Crippen LogP contribution in [0.4, 0.5) is 0 Å². The van der Waals surface area contributed by atoms with E-state index in [0.717, 1.165) is 0 Å². The number of methoxy groups -OCH3 is 1. The number of rotatable bonds is 6. The molecule has 5 heteroatoms. The Bertz CT molecular complexity index is 375. The van der Waals surface area contributed by atoms with Crippen LogP contribution in [0, 0.1) is 0 Å². The van der Waals surface area contributed by atoms with Gasteiger partial charge in [0.25, 0.3) is 0 Å². The van der Waals surface area contributed by atoms with Gasteiger partial charge in [-0.25, -0.2) is 4.79 Å². The van der Waals surface area contributed by atoms with Gasteiger partial charge < -0.3 is 19.3 Å². The van der Waals surface area contributed by atoms with Crippen LogP contribution in [0.15, 0.2) is 18.2 Å². The van der Waals surface area contributed by atoms with Crippen molar-refractivity contribution in [2.75, 3.05) is 26.9 Å². The lowest BCUT2D eigenvalue weighted by molar-refractivity contribution is 0.0335. The minimum Gasteiger partial charge on any atom is -0.504 e. The first-order chi connectivity index (χ1) is 8.19. The second-order valence-electron chi connectivity index (χ2n) is 3.22. The number of phenolic OH excluding ortho intramolecular Hbond substituents is 1. The van der Waals surface area contributed by atoms with Gasteiger partial charge in [0, 0.05) is 6.61 Å². The number of benzene rings is 1. The molecule has 1 rings (SSSR count). The van der Waals surface area contributed by atoms with Crippen molar-refractivity contribution in [2.24, 2.45) is 0 Å². The van der Waals surface area contributed by atoms with Gasteiger partial charge in [-0.3, -0.25) is 0 Å². The topological polar surface area (TPSA) is 65.0 Å². The molecular weight excluding hydrogens is 224 g/mol. The molecule has 0 saturated heterocycles. The molecule has 0 atom stereocenters. The van der Waals surface area contributed by atoms with E-state index in [1.165, 1.54) is 25.3 Å². The van der Waals surface area contributed by atoms with Crippen LogP contribution in [0.1, 0.15) is 17.3 Å². The molecule has 1 aromatic rings. The van der Waals surface area contributed by atoms with Gasteiger partial charge in [0.2, 0.25) is 0 Å². The highest BCUT2D eigenvalue weighted by atomic mass is 16.6. The molecule has 1 N–H and O–H groups in total. The van der Waals surface area contributed by atoms with E-state index in [4.69, 9.17) is 14.2 Å². The number of carbonyl (C=O) groups excluding carboxylic acids is 1. The van der Waals surface area contributed by atoms with Crippen molar-refractivity contribution >= 4 is 5.97 Å². The third-order valence-corrected chi connectivity index (χ3v) is 2.08. The lowest BCUT2D eigenvalue weighted by atomic mass is 10.2. The van der Waals surface area contributed by atoms with Crippen LogP contribution in [0.5, 0.6) is 11.5 Å². The maximum atomic E-state index is 11.6. The van der Waals surface area contributed by atoms with E-state index >= 15 is 0 Å². The fourth-order valence-electron chi connectivity index (χ4n) is 1.23. The van der Waals surface area contributed by atoms with E-state index in [0.29, 0.717) is 18.8 Å². The van der Waals surface area contributed by atoms with Crippen LogP contribution >= 0.6 is 0 Å². The molecule has 0 amide bonds. The molecule has 0 aliphatic carbocycles. The number of hydrogen-bond acceptors (Lipinski definition) is 5. The van der Waals surface area contributed by atoms with Crippen LogP contribution in [0.25, 0.3) is 0 Å². The number of aromatic hydroxyl groups is 1. The van der Waals surface area contributed by atoms with Crippen molar-refractivity contribution in [3.8, 4) is 11.5 Å². The van der Waals surface area contributed by atoms with Crippen LogP contribution in [-0.2, 0) is 9.47 Å². The summed E-state index contributed by atoms with van der Waals surface area (Å²) in [6, 6.07) is 4.29. The molecule has 0 aliphatic heterocycles. The van der Waals surface area contributed by atoms with E-state index < -0.39 is 5.97 Å². The highest BCUT2D eigenvalue weighted by molar-refractivity contribution is 5.90. The zero-order valence-electron chi connectivity index (χ0n) is 9.93. The van der Waals surface area contributed by atoms with Crippen molar-refractivity contribution in [1.29, 1.82) is 0 Å². The fraction of sp³-hybridized carbons (Fsp3) is 0.417. The predicted octanol–water partition coefficient (Wildman–Crippen LogP) is 1.59. The summed E-state index contributed by atoms with van der Waals surface area (Å²) < 4.78 is 14.9.